The molecule has 0 fully saturated rings. The third-order valence-electron chi connectivity index (χ3n) is 3.18. The van der Waals surface area contributed by atoms with Crippen LogP contribution in [0.15, 0.2) is 29.1 Å². The Bertz CT molecular complexity index is 704. The first-order chi connectivity index (χ1) is 8.95. The molecule has 1 aromatic carbocycles. The van der Waals surface area contributed by atoms with Crippen LogP contribution in [0.5, 0.6) is 0 Å². The Morgan fingerprint density at radius 3 is 2.63 bits per heavy atom. The lowest BCUT2D eigenvalue weighted by Gasteiger charge is -2.16. The minimum absolute atomic E-state index is 0.186. The molecule has 2 rings (SSSR count). The lowest BCUT2D eigenvalue weighted by Crippen LogP contribution is -2.32. The van der Waals surface area contributed by atoms with Gasteiger partial charge in [0, 0.05) is 19.5 Å². The zero-order chi connectivity index (χ0) is 14.2. The van der Waals surface area contributed by atoms with Crippen molar-refractivity contribution in [2.75, 3.05) is 14.2 Å². The fourth-order valence-corrected chi connectivity index (χ4v) is 1.96. The Labute approximate surface area is 111 Å². The summed E-state index contributed by atoms with van der Waals surface area (Å²) in [6.07, 6.45) is 0. The van der Waals surface area contributed by atoms with Crippen LogP contribution in [0.25, 0.3) is 10.8 Å². The van der Waals surface area contributed by atoms with Crippen LogP contribution >= 0.6 is 0 Å². The van der Waals surface area contributed by atoms with Gasteiger partial charge in [-0.25, -0.2) is 5.06 Å². The highest BCUT2D eigenvalue weighted by molar-refractivity contribution is 5.96. The number of nitrogens with zero attached hydrogens (tertiary/aromatic N) is 2. The lowest BCUT2D eigenvalue weighted by molar-refractivity contribution is -0.0763. The molecule has 0 bridgehead atoms. The second-order valence-corrected chi connectivity index (χ2v) is 4.47. The van der Waals surface area contributed by atoms with Crippen molar-refractivity contribution >= 4 is 16.7 Å². The summed E-state index contributed by atoms with van der Waals surface area (Å²) in [5.41, 5.74) is 1.12. The van der Waals surface area contributed by atoms with Crippen LogP contribution in [0.2, 0.25) is 0 Å². The summed E-state index contributed by atoms with van der Waals surface area (Å²) in [7, 11) is 4.49. The second kappa shape index (κ2) is 4.85. The Morgan fingerprint density at radius 2 is 2.00 bits per heavy atom. The van der Waals surface area contributed by atoms with Crippen molar-refractivity contribution in [2.45, 2.75) is 6.92 Å². The predicted molar refractivity (Wildman–Crippen MR) is 73.0 cm³/mol. The van der Waals surface area contributed by atoms with Crippen molar-refractivity contribution in [2.24, 2.45) is 7.05 Å². The number of hydrogen-bond donors (Lipinski definition) is 0. The molecule has 0 atom stereocenters. The zero-order valence-electron chi connectivity index (χ0n) is 11.4. The van der Waals surface area contributed by atoms with Gasteiger partial charge >= 0.3 is 0 Å². The number of pyridine rings is 1. The smallest absolute Gasteiger partial charge is 0.293 e. The molecular weight excluding hydrogens is 244 g/mol. The van der Waals surface area contributed by atoms with Crippen LogP contribution in [0.3, 0.4) is 0 Å². The molecule has 0 aliphatic carbocycles. The molecule has 0 radical (unpaired) electrons. The third kappa shape index (κ3) is 2.24. The molecule has 5 nitrogen and oxygen atoms in total. The molecule has 0 aliphatic rings. The van der Waals surface area contributed by atoms with E-state index in [4.69, 9.17) is 4.84 Å². The van der Waals surface area contributed by atoms with Gasteiger partial charge in [-0.15, -0.1) is 0 Å². The van der Waals surface area contributed by atoms with Crippen molar-refractivity contribution in [1.82, 2.24) is 9.63 Å². The SMILES string of the molecule is CON(C)C(=O)c1cc2ccc(C)cc2c(=O)n1C. The van der Waals surface area contributed by atoms with Gasteiger partial charge in [0.25, 0.3) is 11.5 Å². The fraction of sp³-hybridized carbons (Fsp3) is 0.286. The molecule has 2 aromatic rings. The van der Waals surface area contributed by atoms with Gasteiger partial charge in [0.1, 0.15) is 5.69 Å². The number of aryl methyl sites for hydroxylation is 1. The highest BCUT2D eigenvalue weighted by atomic mass is 16.7. The Morgan fingerprint density at radius 1 is 1.32 bits per heavy atom. The number of carbonyl (C=O) groups excluding carboxylic acids is 1. The molecule has 0 N–H and O–H groups in total. The molecule has 1 aromatic heterocycles. The first-order valence-corrected chi connectivity index (χ1v) is 5.88. The van der Waals surface area contributed by atoms with Crippen LogP contribution in [0, 0.1) is 6.92 Å². The molecule has 0 unspecified atom stereocenters. The molecule has 0 saturated heterocycles. The van der Waals surface area contributed by atoms with E-state index < -0.39 is 0 Å². The van der Waals surface area contributed by atoms with Crippen molar-refractivity contribution in [3.05, 3.63) is 45.9 Å². The van der Waals surface area contributed by atoms with Crippen LogP contribution in [0.4, 0.5) is 0 Å². The number of rotatable bonds is 2. The first kappa shape index (κ1) is 13.3. The maximum Gasteiger partial charge on any atom is 0.293 e. The monoisotopic (exact) mass is 260 g/mol. The van der Waals surface area contributed by atoms with Gasteiger partial charge in [-0.1, -0.05) is 17.7 Å². The average molecular weight is 260 g/mol. The van der Waals surface area contributed by atoms with Gasteiger partial charge in [-0.3, -0.25) is 14.4 Å². The van der Waals surface area contributed by atoms with E-state index in [0.717, 1.165) is 16.0 Å². The van der Waals surface area contributed by atoms with Crippen molar-refractivity contribution in [1.29, 1.82) is 0 Å². The van der Waals surface area contributed by atoms with E-state index in [0.29, 0.717) is 11.1 Å². The first-order valence-electron chi connectivity index (χ1n) is 5.88. The quantitative estimate of drug-likeness (QED) is 0.768. The topological polar surface area (TPSA) is 51.5 Å². The van der Waals surface area contributed by atoms with Crippen LogP contribution < -0.4 is 5.56 Å². The fourth-order valence-electron chi connectivity index (χ4n) is 1.96. The van der Waals surface area contributed by atoms with Crippen LogP contribution in [-0.4, -0.2) is 29.7 Å². The standard InChI is InChI=1S/C14H16N2O3/c1-9-5-6-10-8-12(14(18)16(3)19-4)15(2)13(17)11(10)7-9/h5-8H,1-4H3. The maximum absolute atomic E-state index is 12.3. The predicted octanol–water partition coefficient (Wildman–Crippen LogP) is 1.48. The third-order valence-corrected chi connectivity index (χ3v) is 3.18. The molecular formula is C14H16N2O3. The van der Waals surface area contributed by atoms with Crippen molar-refractivity contribution in [3.63, 3.8) is 0 Å². The highest BCUT2D eigenvalue weighted by Gasteiger charge is 2.17. The number of aromatic nitrogens is 1. The van der Waals surface area contributed by atoms with Gasteiger partial charge in [0.05, 0.1) is 7.11 Å². The van der Waals surface area contributed by atoms with Crippen molar-refractivity contribution < 1.29 is 9.63 Å². The van der Waals surface area contributed by atoms with Crippen LogP contribution in [0.1, 0.15) is 16.1 Å². The van der Waals surface area contributed by atoms with E-state index in [9.17, 15) is 9.59 Å². The van der Waals surface area contributed by atoms with Gasteiger partial charge in [0.2, 0.25) is 0 Å². The van der Waals surface area contributed by atoms with Crippen LogP contribution in [-0.2, 0) is 11.9 Å². The Hall–Kier alpha value is -2.14. The minimum Gasteiger partial charge on any atom is -0.306 e. The number of carbonyl (C=O) groups is 1. The van der Waals surface area contributed by atoms with E-state index in [1.807, 2.05) is 25.1 Å². The maximum atomic E-state index is 12.3. The van der Waals surface area contributed by atoms with E-state index in [2.05, 4.69) is 0 Å². The molecule has 0 saturated carbocycles. The number of hydroxylamine groups is 2. The number of fused-ring (bicyclic) bond motifs is 1. The molecule has 1 heterocycles. The van der Waals surface area contributed by atoms with Gasteiger partial charge in [0.15, 0.2) is 0 Å². The second-order valence-electron chi connectivity index (χ2n) is 4.47. The summed E-state index contributed by atoms with van der Waals surface area (Å²) < 4.78 is 1.35. The largest absolute Gasteiger partial charge is 0.306 e. The van der Waals surface area contributed by atoms with Crippen molar-refractivity contribution in [3.8, 4) is 0 Å². The molecule has 0 spiro atoms. The molecule has 1 amide bonds. The average Bonchev–Trinajstić information content (AvgIpc) is 2.41. The van der Waals surface area contributed by atoms with Gasteiger partial charge < -0.3 is 4.57 Å². The molecule has 19 heavy (non-hydrogen) atoms. The molecule has 100 valence electrons. The summed E-state index contributed by atoms with van der Waals surface area (Å²) in [6, 6.07) is 7.28. The van der Waals surface area contributed by atoms with E-state index in [1.165, 1.54) is 18.7 Å². The number of hydrogen-bond acceptors (Lipinski definition) is 3. The molecule has 5 heteroatoms. The van der Waals surface area contributed by atoms with Gasteiger partial charge in [-0.2, -0.15) is 0 Å². The normalized spacial score (nSPS) is 10.7. The number of amides is 1. The zero-order valence-corrected chi connectivity index (χ0v) is 11.4. The lowest BCUT2D eigenvalue weighted by atomic mass is 10.1. The Balaban J connectivity index is 2.72. The van der Waals surface area contributed by atoms with E-state index >= 15 is 0 Å². The minimum atomic E-state index is -0.357. The molecule has 0 aliphatic heterocycles. The highest BCUT2D eigenvalue weighted by Crippen LogP contribution is 2.14. The summed E-state index contributed by atoms with van der Waals surface area (Å²) in [5, 5.41) is 2.45. The summed E-state index contributed by atoms with van der Waals surface area (Å²) in [5.74, 6) is -0.357. The van der Waals surface area contributed by atoms with E-state index in [1.54, 1.807) is 13.1 Å². The number of benzene rings is 1. The Kier molecular flexibility index (Phi) is 3.40. The summed E-state index contributed by atoms with van der Waals surface area (Å²) in [4.78, 5) is 29.2. The van der Waals surface area contributed by atoms with E-state index in [-0.39, 0.29) is 11.5 Å². The van der Waals surface area contributed by atoms with Gasteiger partial charge in [-0.05, 0) is 24.4 Å². The summed E-state index contributed by atoms with van der Waals surface area (Å²) in [6.45, 7) is 1.93. The summed E-state index contributed by atoms with van der Waals surface area (Å²) >= 11 is 0.